The second-order valence-electron chi connectivity index (χ2n) is 5.40. The van der Waals surface area contributed by atoms with E-state index in [1.807, 2.05) is 0 Å². The molecular weight excluding hydrogens is 455 g/mol. The van der Waals surface area contributed by atoms with E-state index >= 15 is 0 Å². The highest BCUT2D eigenvalue weighted by Crippen LogP contribution is 2.42. The summed E-state index contributed by atoms with van der Waals surface area (Å²) < 4.78 is 110. The minimum atomic E-state index is -5.20. The Hall–Kier alpha value is -2.26. The van der Waals surface area contributed by atoms with Gasteiger partial charge in [0, 0.05) is 11.1 Å². The minimum Gasteiger partial charge on any atom is -0.453 e. The molecule has 0 heterocycles. The van der Waals surface area contributed by atoms with Crippen molar-refractivity contribution in [3.05, 3.63) is 81.4 Å². The molecular formula is C18H8Cl2F8O. The van der Waals surface area contributed by atoms with Gasteiger partial charge in [-0.05, 0) is 48.5 Å². The van der Waals surface area contributed by atoms with Gasteiger partial charge in [0.15, 0.2) is 21.6 Å². The first kappa shape index (κ1) is 23.0. The highest BCUT2D eigenvalue weighted by Gasteiger charge is 2.40. The van der Waals surface area contributed by atoms with Crippen LogP contribution in [0.5, 0.6) is 0 Å². The fourth-order valence-electron chi connectivity index (χ4n) is 2.02. The van der Waals surface area contributed by atoms with Crippen molar-refractivity contribution >= 4 is 34.7 Å². The summed E-state index contributed by atoms with van der Waals surface area (Å²) in [5.74, 6) is -4.14. The maximum Gasteiger partial charge on any atom is 0.430 e. The SMILES string of the molecule is Fc1ccc(C(OC(=C(Cl)C(F)(F)F)c2ccc(F)cc2)=C(Cl)C(F)(F)F)cc1. The largest absolute Gasteiger partial charge is 0.453 e. The van der Waals surface area contributed by atoms with Gasteiger partial charge in [-0.3, -0.25) is 0 Å². The lowest BCUT2D eigenvalue weighted by atomic mass is 10.1. The highest BCUT2D eigenvalue weighted by molar-refractivity contribution is 6.34. The Morgan fingerprint density at radius 2 is 0.862 bits per heavy atom. The third kappa shape index (κ3) is 5.86. The normalized spacial score (nSPS) is 14.3. The molecule has 0 unspecified atom stereocenters. The van der Waals surface area contributed by atoms with Crippen LogP contribution in [0, 0.1) is 11.6 Å². The molecule has 0 N–H and O–H groups in total. The molecule has 11 heteroatoms. The molecule has 2 aromatic rings. The summed E-state index contributed by atoms with van der Waals surface area (Å²) >= 11 is 10.6. The van der Waals surface area contributed by atoms with Crippen LogP contribution in [0.25, 0.3) is 11.5 Å². The predicted molar refractivity (Wildman–Crippen MR) is 91.5 cm³/mol. The molecule has 0 atom stereocenters. The van der Waals surface area contributed by atoms with Gasteiger partial charge in [0.1, 0.15) is 11.6 Å². The number of rotatable bonds is 4. The van der Waals surface area contributed by atoms with Crippen LogP contribution in [0.1, 0.15) is 11.1 Å². The molecule has 0 saturated carbocycles. The van der Waals surface area contributed by atoms with Crippen molar-refractivity contribution in [3.8, 4) is 0 Å². The molecule has 2 aromatic carbocycles. The van der Waals surface area contributed by atoms with E-state index < -0.39 is 56.7 Å². The van der Waals surface area contributed by atoms with Crippen LogP contribution in [-0.4, -0.2) is 12.4 Å². The molecule has 0 aliphatic carbocycles. The molecule has 156 valence electrons. The molecule has 0 aliphatic heterocycles. The first-order chi connectivity index (χ1) is 13.3. The zero-order valence-electron chi connectivity index (χ0n) is 13.8. The zero-order chi connectivity index (χ0) is 22.0. The highest BCUT2D eigenvalue weighted by atomic mass is 35.5. The van der Waals surface area contributed by atoms with E-state index in [0.717, 1.165) is 48.5 Å². The van der Waals surface area contributed by atoms with Crippen LogP contribution in [0.2, 0.25) is 0 Å². The van der Waals surface area contributed by atoms with Gasteiger partial charge < -0.3 is 4.74 Å². The summed E-state index contributed by atoms with van der Waals surface area (Å²) in [6.45, 7) is 0. The Morgan fingerprint density at radius 1 is 0.586 bits per heavy atom. The van der Waals surface area contributed by atoms with Gasteiger partial charge in [-0.2, -0.15) is 26.3 Å². The van der Waals surface area contributed by atoms with Crippen molar-refractivity contribution in [2.75, 3.05) is 0 Å². The molecule has 0 spiro atoms. The molecule has 0 aliphatic rings. The van der Waals surface area contributed by atoms with Gasteiger partial charge in [-0.15, -0.1) is 0 Å². The second-order valence-corrected chi connectivity index (χ2v) is 6.15. The van der Waals surface area contributed by atoms with Gasteiger partial charge in [0.2, 0.25) is 0 Å². The first-order valence-electron chi connectivity index (χ1n) is 7.44. The summed E-state index contributed by atoms with van der Waals surface area (Å²) in [6, 6.07) is 6.31. The molecule has 0 bridgehead atoms. The lowest BCUT2D eigenvalue weighted by molar-refractivity contribution is -0.0852. The van der Waals surface area contributed by atoms with Gasteiger partial charge in [0.05, 0.1) is 0 Å². The summed E-state index contributed by atoms with van der Waals surface area (Å²) in [7, 11) is 0. The fraction of sp³-hybridized carbons (Fsp3) is 0.111. The van der Waals surface area contributed by atoms with E-state index in [1.165, 1.54) is 0 Å². The standard InChI is InChI=1S/C18H8Cl2F8O/c19-15(17(23,24)25)13(9-1-5-11(21)6-2-9)29-14(16(20)18(26,27)28)10-3-7-12(22)8-4-10/h1-8H. The van der Waals surface area contributed by atoms with E-state index in [0.29, 0.717) is 0 Å². The molecule has 0 aromatic heterocycles. The molecule has 1 nitrogen and oxygen atoms in total. The Labute approximate surface area is 168 Å². The van der Waals surface area contributed by atoms with Crippen LogP contribution in [0.4, 0.5) is 35.1 Å². The van der Waals surface area contributed by atoms with Crippen molar-refractivity contribution in [2.45, 2.75) is 12.4 Å². The maximum absolute atomic E-state index is 13.1. The van der Waals surface area contributed by atoms with Crippen molar-refractivity contribution in [2.24, 2.45) is 0 Å². The van der Waals surface area contributed by atoms with Crippen molar-refractivity contribution in [1.82, 2.24) is 0 Å². The van der Waals surface area contributed by atoms with Crippen molar-refractivity contribution < 1.29 is 39.9 Å². The van der Waals surface area contributed by atoms with E-state index in [9.17, 15) is 35.1 Å². The molecule has 0 saturated heterocycles. The van der Waals surface area contributed by atoms with Crippen LogP contribution in [-0.2, 0) is 4.74 Å². The Morgan fingerprint density at radius 3 is 1.10 bits per heavy atom. The van der Waals surface area contributed by atoms with Gasteiger partial charge in [-0.1, -0.05) is 23.2 Å². The number of halogens is 10. The Kier molecular flexibility index (Phi) is 6.85. The van der Waals surface area contributed by atoms with Gasteiger partial charge >= 0.3 is 12.4 Å². The predicted octanol–water partition coefficient (Wildman–Crippen LogP) is 7.62. The number of hydrogen-bond acceptors (Lipinski definition) is 1. The molecule has 0 amide bonds. The topological polar surface area (TPSA) is 9.23 Å². The van der Waals surface area contributed by atoms with Crippen molar-refractivity contribution in [3.63, 3.8) is 0 Å². The average molecular weight is 463 g/mol. The number of hydrogen-bond donors (Lipinski definition) is 0. The Balaban J connectivity index is 2.71. The second kappa shape index (κ2) is 8.62. The van der Waals surface area contributed by atoms with Crippen LogP contribution < -0.4 is 0 Å². The van der Waals surface area contributed by atoms with Crippen LogP contribution >= 0.6 is 23.2 Å². The zero-order valence-corrected chi connectivity index (χ0v) is 15.3. The molecule has 29 heavy (non-hydrogen) atoms. The van der Waals surface area contributed by atoms with Gasteiger partial charge in [0.25, 0.3) is 0 Å². The third-order valence-electron chi connectivity index (χ3n) is 3.31. The summed E-state index contributed by atoms with van der Waals surface area (Å²) in [5.41, 5.74) is -0.944. The van der Waals surface area contributed by atoms with Gasteiger partial charge in [-0.25, -0.2) is 8.78 Å². The number of alkyl halides is 6. The Bertz CT molecular complexity index is 849. The molecule has 0 fully saturated rings. The third-order valence-corrected chi connectivity index (χ3v) is 4.09. The molecule has 0 radical (unpaired) electrons. The fourth-order valence-corrected chi connectivity index (χ4v) is 2.32. The van der Waals surface area contributed by atoms with Crippen LogP contribution in [0.3, 0.4) is 0 Å². The number of ether oxygens (including phenoxy) is 1. The minimum absolute atomic E-state index is 0.472. The van der Waals surface area contributed by atoms with Crippen molar-refractivity contribution in [1.29, 1.82) is 0 Å². The average Bonchev–Trinajstić information content (AvgIpc) is 2.62. The maximum atomic E-state index is 13.1. The van der Waals surface area contributed by atoms with E-state index in [1.54, 1.807) is 0 Å². The van der Waals surface area contributed by atoms with Crippen LogP contribution in [0.15, 0.2) is 58.6 Å². The summed E-state index contributed by atoms with van der Waals surface area (Å²) in [6.07, 6.45) is -10.4. The lowest BCUT2D eigenvalue weighted by Crippen LogP contribution is -2.14. The molecule has 2 rings (SSSR count). The number of allylic oxidation sites excluding steroid dienone is 2. The summed E-state index contributed by atoms with van der Waals surface area (Å²) in [4.78, 5) is 0. The smallest absolute Gasteiger partial charge is 0.430 e. The van der Waals surface area contributed by atoms with E-state index in [2.05, 4.69) is 0 Å². The quantitative estimate of drug-likeness (QED) is 0.335. The lowest BCUT2D eigenvalue weighted by Gasteiger charge is -2.19. The number of benzene rings is 2. The van der Waals surface area contributed by atoms with E-state index in [-0.39, 0.29) is 0 Å². The summed E-state index contributed by atoms with van der Waals surface area (Å²) in [5, 5.41) is -3.81. The van der Waals surface area contributed by atoms with E-state index in [4.69, 9.17) is 27.9 Å². The first-order valence-corrected chi connectivity index (χ1v) is 8.20. The monoisotopic (exact) mass is 462 g/mol.